The van der Waals surface area contributed by atoms with Gasteiger partial charge in [0.2, 0.25) is 0 Å². The first-order valence-corrected chi connectivity index (χ1v) is 22.7. The molecule has 1 aliphatic rings. The van der Waals surface area contributed by atoms with Gasteiger partial charge in [-0.25, -0.2) is 0 Å². The molecule has 0 aliphatic carbocycles. The van der Waals surface area contributed by atoms with Gasteiger partial charge < -0.3 is 39.4 Å². The standard InChI is InChI=1S/C49H80O10/c1-3-5-7-9-11-13-15-17-19-21-23-25-27-29-31-33-35-37-44(51)56-40-42(41-57-49-48(55)47(54)46(53)43(39-50)59-49)58-45(52)38-36-34-32-30-28-26-24-22-20-18-16-14-12-10-8-6-4-2/h6,8,11-14,17-20,24,26,30,32,42-43,46-50,53-55H,3-5,7,9-10,15-16,21-23,25,27-29,31,33-41H2,1-2H3/b8-6-,13-11-,14-12-,19-17-,20-18-,26-24-,32-30-. The summed E-state index contributed by atoms with van der Waals surface area (Å²) in [6, 6.07) is 0. The molecule has 0 aromatic rings. The number of ether oxygens (including phenoxy) is 4. The van der Waals surface area contributed by atoms with Crippen LogP contribution in [0.3, 0.4) is 0 Å². The van der Waals surface area contributed by atoms with Crippen molar-refractivity contribution in [2.75, 3.05) is 19.8 Å². The number of allylic oxidation sites excluding steroid dienone is 14. The molecule has 0 saturated carbocycles. The minimum atomic E-state index is -1.61. The Hall–Kier alpha value is -3.12. The van der Waals surface area contributed by atoms with Gasteiger partial charge in [-0.1, -0.05) is 144 Å². The van der Waals surface area contributed by atoms with E-state index in [-0.39, 0.29) is 26.1 Å². The van der Waals surface area contributed by atoms with Crippen molar-refractivity contribution < 1.29 is 49.0 Å². The molecule has 1 heterocycles. The Bertz CT molecular complexity index is 1230. The molecular formula is C49H80O10. The van der Waals surface area contributed by atoms with Crippen LogP contribution < -0.4 is 0 Å². The van der Waals surface area contributed by atoms with Crippen LogP contribution in [0.15, 0.2) is 85.1 Å². The van der Waals surface area contributed by atoms with Crippen LogP contribution in [0, 0.1) is 0 Å². The number of hydrogen-bond acceptors (Lipinski definition) is 10. The molecule has 6 unspecified atom stereocenters. The minimum Gasteiger partial charge on any atom is -0.462 e. The quantitative estimate of drug-likeness (QED) is 0.0273. The SMILES string of the molecule is CC/C=C\C/C=C\C/C=C\C/C=C\C/C=C\CCCC(=O)OC(COC(=O)CCCCCCCCC/C=C\C/C=C\CCCCC)COC1OC(CO)C(O)C(O)C1O. The van der Waals surface area contributed by atoms with E-state index < -0.39 is 55.4 Å². The lowest BCUT2D eigenvalue weighted by Gasteiger charge is -2.39. The number of esters is 2. The Morgan fingerprint density at radius 1 is 0.542 bits per heavy atom. The van der Waals surface area contributed by atoms with E-state index in [9.17, 15) is 30.0 Å². The molecular weight excluding hydrogens is 749 g/mol. The molecule has 0 aromatic carbocycles. The third-order valence-electron chi connectivity index (χ3n) is 9.76. The van der Waals surface area contributed by atoms with Gasteiger partial charge in [-0.05, 0) is 83.5 Å². The molecule has 4 N–H and O–H groups in total. The fourth-order valence-corrected chi connectivity index (χ4v) is 6.19. The van der Waals surface area contributed by atoms with E-state index in [1.54, 1.807) is 0 Å². The fraction of sp³-hybridized carbons (Fsp3) is 0.673. The predicted molar refractivity (Wildman–Crippen MR) is 237 cm³/mol. The highest BCUT2D eigenvalue weighted by atomic mass is 16.7. The molecule has 1 aliphatic heterocycles. The molecule has 10 heteroatoms. The van der Waals surface area contributed by atoms with E-state index in [0.717, 1.165) is 64.2 Å². The number of carbonyl (C=O) groups is 2. The zero-order valence-corrected chi connectivity index (χ0v) is 36.5. The van der Waals surface area contributed by atoms with E-state index in [0.29, 0.717) is 19.3 Å². The van der Waals surface area contributed by atoms with Gasteiger partial charge in [-0.3, -0.25) is 9.59 Å². The smallest absolute Gasteiger partial charge is 0.306 e. The Morgan fingerprint density at radius 3 is 1.56 bits per heavy atom. The van der Waals surface area contributed by atoms with Crippen molar-refractivity contribution in [1.82, 2.24) is 0 Å². The van der Waals surface area contributed by atoms with Crippen molar-refractivity contribution >= 4 is 11.9 Å². The maximum Gasteiger partial charge on any atom is 0.306 e. The molecule has 0 bridgehead atoms. The molecule has 1 saturated heterocycles. The van der Waals surface area contributed by atoms with Crippen LogP contribution in [0.1, 0.15) is 155 Å². The van der Waals surface area contributed by atoms with E-state index >= 15 is 0 Å². The number of aliphatic hydroxyl groups excluding tert-OH is 4. The Balaban J connectivity index is 2.38. The summed E-state index contributed by atoms with van der Waals surface area (Å²) in [7, 11) is 0. The van der Waals surface area contributed by atoms with E-state index in [4.69, 9.17) is 18.9 Å². The molecule has 10 nitrogen and oxygen atoms in total. The zero-order chi connectivity index (χ0) is 43.0. The van der Waals surface area contributed by atoms with Crippen LogP contribution in [-0.4, -0.2) is 89.0 Å². The number of unbranched alkanes of at least 4 members (excludes halogenated alkanes) is 11. The highest BCUT2D eigenvalue weighted by Gasteiger charge is 2.44. The summed E-state index contributed by atoms with van der Waals surface area (Å²) in [6.45, 7) is 3.20. The van der Waals surface area contributed by atoms with Crippen molar-refractivity contribution in [3.05, 3.63) is 85.1 Å². The van der Waals surface area contributed by atoms with Crippen LogP contribution in [0.4, 0.5) is 0 Å². The highest BCUT2D eigenvalue weighted by molar-refractivity contribution is 5.70. The normalized spacial score (nSPS) is 20.8. The predicted octanol–water partition coefficient (Wildman–Crippen LogP) is 9.77. The van der Waals surface area contributed by atoms with E-state index in [1.807, 2.05) is 6.08 Å². The summed E-state index contributed by atoms with van der Waals surface area (Å²) < 4.78 is 22.1. The van der Waals surface area contributed by atoms with E-state index in [2.05, 4.69) is 92.8 Å². The molecule has 0 spiro atoms. The van der Waals surface area contributed by atoms with E-state index in [1.165, 1.54) is 44.9 Å². The topological polar surface area (TPSA) is 152 Å². The first-order chi connectivity index (χ1) is 28.8. The van der Waals surface area contributed by atoms with Gasteiger partial charge in [0.25, 0.3) is 0 Å². The first kappa shape index (κ1) is 53.9. The third kappa shape index (κ3) is 30.5. The summed E-state index contributed by atoms with van der Waals surface area (Å²) in [5.41, 5.74) is 0. The van der Waals surface area contributed by atoms with Crippen molar-refractivity contribution in [1.29, 1.82) is 0 Å². The van der Waals surface area contributed by atoms with Crippen molar-refractivity contribution in [2.45, 2.75) is 192 Å². The zero-order valence-electron chi connectivity index (χ0n) is 36.5. The lowest BCUT2D eigenvalue weighted by molar-refractivity contribution is -0.305. The Labute approximate surface area is 356 Å². The van der Waals surface area contributed by atoms with Gasteiger partial charge in [-0.15, -0.1) is 0 Å². The second-order valence-corrected chi connectivity index (χ2v) is 15.1. The molecule has 0 amide bonds. The maximum atomic E-state index is 12.8. The van der Waals surface area contributed by atoms with Crippen LogP contribution in [0.2, 0.25) is 0 Å². The lowest BCUT2D eigenvalue weighted by atomic mass is 9.99. The average Bonchev–Trinajstić information content (AvgIpc) is 3.23. The minimum absolute atomic E-state index is 0.145. The molecule has 0 aromatic heterocycles. The summed E-state index contributed by atoms with van der Waals surface area (Å²) in [4.78, 5) is 25.3. The maximum absolute atomic E-state index is 12.8. The molecule has 336 valence electrons. The summed E-state index contributed by atoms with van der Waals surface area (Å²) in [6.07, 6.45) is 43.0. The summed E-state index contributed by atoms with van der Waals surface area (Å²) in [5.74, 6) is -0.892. The van der Waals surface area contributed by atoms with Gasteiger partial charge in [0.1, 0.15) is 31.0 Å². The molecule has 1 fully saturated rings. The number of rotatable bonds is 36. The second-order valence-electron chi connectivity index (χ2n) is 15.1. The van der Waals surface area contributed by atoms with Crippen LogP contribution >= 0.6 is 0 Å². The summed E-state index contributed by atoms with van der Waals surface area (Å²) in [5, 5.41) is 40.1. The number of aliphatic hydroxyl groups is 4. The second kappa shape index (κ2) is 39.0. The van der Waals surface area contributed by atoms with Gasteiger partial charge in [0.05, 0.1) is 13.2 Å². The van der Waals surface area contributed by atoms with Crippen molar-refractivity contribution in [2.24, 2.45) is 0 Å². The van der Waals surface area contributed by atoms with Crippen LogP contribution in [0.5, 0.6) is 0 Å². The highest BCUT2D eigenvalue weighted by Crippen LogP contribution is 2.22. The van der Waals surface area contributed by atoms with Gasteiger partial charge >= 0.3 is 11.9 Å². The van der Waals surface area contributed by atoms with Crippen LogP contribution in [-0.2, 0) is 28.5 Å². The fourth-order valence-electron chi connectivity index (χ4n) is 6.19. The molecule has 59 heavy (non-hydrogen) atoms. The first-order valence-electron chi connectivity index (χ1n) is 22.7. The monoisotopic (exact) mass is 829 g/mol. The molecule has 6 atom stereocenters. The van der Waals surface area contributed by atoms with Gasteiger partial charge in [0.15, 0.2) is 12.4 Å². The van der Waals surface area contributed by atoms with Gasteiger partial charge in [-0.2, -0.15) is 0 Å². The van der Waals surface area contributed by atoms with Crippen molar-refractivity contribution in [3.8, 4) is 0 Å². The van der Waals surface area contributed by atoms with Crippen LogP contribution in [0.25, 0.3) is 0 Å². The number of carbonyl (C=O) groups excluding carboxylic acids is 2. The molecule has 1 rings (SSSR count). The largest absolute Gasteiger partial charge is 0.462 e. The lowest BCUT2D eigenvalue weighted by Crippen LogP contribution is -2.59. The average molecular weight is 829 g/mol. The van der Waals surface area contributed by atoms with Crippen molar-refractivity contribution in [3.63, 3.8) is 0 Å². The third-order valence-corrected chi connectivity index (χ3v) is 9.76. The number of hydrogen-bond donors (Lipinski definition) is 4. The summed E-state index contributed by atoms with van der Waals surface area (Å²) >= 11 is 0. The molecule has 0 radical (unpaired) electrons. The van der Waals surface area contributed by atoms with Gasteiger partial charge in [0, 0.05) is 12.8 Å². The Kier molecular flexibility index (Phi) is 35.7. The Morgan fingerprint density at radius 2 is 1.02 bits per heavy atom.